The van der Waals surface area contributed by atoms with Crippen LogP contribution in [0.3, 0.4) is 0 Å². The number of rotatable bonds is 12. The van der Waals surface area contributed by atoms with Crippen LogP contribution in [0.15, 0.2) is 43.0 Å². The van der Waals surface area contributed by atoms with Crippen LogP contribution in [0.1, 0.15) is 99.5 Å². The van der Waals surface area contributed by atoms with Crippen LogP contribution in [-0.4, -0.2) is 112 Å². The summed E-state index contributed by atoms with van der Waals surface area (Å²) in [6, 6.07) is 3.12. The molecule has 1 aromatic rings. The lowest BCUT2D eigenvalue weighted by Crippen LogP contribution is -2.61. The van der Waals surface area contributed by atoms with Crippen molar-refractivity contribution in [3.63, 3.8) is 0 Å². The van der Waals surface area contributed by atoms with Gasteiger partial charge in [0.2, 0.25) is 29.5 Å². The molecule has 326 valence electrons. The van der Waals surface area contributed by atoms with E-state index in [4.69, 9.17) is 4.74 Å². The highest BCUT2D eigenvalue weighted by Crippen LogP contribution is 2.31. The Morgan fingerprint density at radius 2 is 1.58 bits per heavy atom. The molecule has 0 unspecified atom stereocenters. The van der Waals surface area contributed by atoms with Gasteiger partial charge < -0.3 is 35.6 Å². The minimum Gasteiger partial charge on any atom is -0.460 e. The zero-order valence-corrected chi connectivity index (χ0v) is 36.1. The number of piperidine rings is 1. The number of carbonyl (C=O) groups excluding carboxylic acids is 8. The van der Waals surface area contributed by atoms with E-state index in [0.717, 1.165) is 4.90 Å². The van der Waals surface area contributed by atoms with Crippen molar-refractivity contribution in [2.45, 2.75) is 143 Å². The summed E-state index contributed by atoms with van der Waals surface area (Å²) in [5.41, 5.74) is 0.711. The number of likely N-dealkylation sites (N-methyl/N-ethyl adjacent to an activating group) is 1. The van der Waals surface area contributed by atoms with Crippen LogP contribution in [0.2, 0.25) is 0 Å². The number of esters is 1. The van der Waals surface area contributed by atoms with Gasteiger partial charge in [-0.2, -0.15) is 0 Å². The first-order valence-corrected chi connectivity index (χ1v) is 20.8. The zero-order chi connectivity index (χ0) is 44.3. The molecule has 2 bridgehead atoms. The number of nitrogens with zero attached hydrogens (tertiary/aromatic N) is 2. The van der Waals surface area contributed by atoms with Crippen molar-refractivity contribution < 1.29 is 48.2 Å². The van der Waals surface area contributed by atoms with Crippen molar-refractivity contribution in [1.82, 2.24) is 25.8 Å². The van der Waals surface area contributed by atoms with E-state index in [1.54, 1.807) is 52.0 Å². The van der Waals surface area contributed by atoms with Gasteiger partial charge in [0.25, 0.3) is 0 Å². The van der Waals surface area contributed by atoms with Gasteiger partial charge in [0.05, 0.1) is 18.0 Å². The fourth-order valence-electron chi connectivity index (χ4n) is 7.45. The Morgan fingerprint density at radius 3 is 2.15 bits per heavy atom. The van der Waals surface area contributed by atoms with E-state index in [1.165, 1.54) is 31.9 Å². The van der Waals surface area contributed by atoms with Crippen LogP contribution in [0, 0.1) is 29.6 Å². The largest absolute Gasteiger partial charge is 0.460 e. The highest BCUT2D eigenvalue weighted by Gasteiger charge is 2.45. The average molecular weight is 824 g/mol. The van der Waals surface area contributed by atoms with Gasteiger partial charge in [-0.3, -0.25) is 33.6 Å². The predicted molar refractivity (Wildman–Crippen MR) is 220 cm³/mol. The van der Waals surface area contributed by atoms with Crippen LogP contribution < -0.4 is 16.0 Å². The molecule has 5 amide bonds. The van der Waals surface area contributed by atoms with E-state index in [9.17, 15) is 43.5 Å². The Balaban J connectivity index is 2.18. The minimum absolute atomic E-state index is 0.0307. The lowest BCUT2D eigenvalue weighted by atomic mass is 9.86. The topological polar surface area (TPSA) is 209 Å². The molecule has 59 heavy (non-hydrogen) atoms. The minimum atomic E-state index is -1.35. The third kappa shape index (κ3) is 13.0. The Kier molecular flexibility index (Phi) is 18.0. The molecule has 0 aromatic heterocycles. The molecule has 0 radical (unpaired) electrons. The molecule has 15 nitrogen and oxygen atoms in total. The Morgan fingerprint density at radius 1 is 0.932 bits per heavy atom. The zero-order valence-electron chi connectivity index (χ0n) is 36.1. The first kappa shape index (κ1) is 48.4. The Hall–Kier alpha value is -4.92. The van der Waals surface area contributed by atoms with Gasteiger partial charge >= 0.3 is 5.97 Å². The van der Waals surface area contributed by atoms with E-state index in [-0.39, 0.29) is 50.4 Å². The molecule has 2 aliphatic rings. The normalized spacial score (nSPS) is 27.3. The number of ether oxygens (including phenoxy) is 1. The number of Topliss-reactive ketones (excluding diaryl/α,β-unsaturated/α-hetero) is 2. The first-order chi connectivity index (χ1) is 27.7. The molecule has 2 saturated heterocycles. The van der Waals surface area contributed by atoms with Crippen molar-refractivity contribution >= 4 is 47.1 Å². The maximum Gasteiger partial charge on any atom is 0.329 e. The maximum atomic E-state index is 14.7. The van der Waals surface area contributed by atoms with Crippen molar-refractivity contribution in [2.24, 2.45) is 29.6 Å². The Bertz CT molecular complexity index is 1700. The second-order valence-corrected chi connectivity index (χ2v) is 17.1. The van der Waals surface area contributed by atoms with Crippen molar-refractivity contribution in [3.05, 3.63) is 48.6 Å². The fourth-order valence-corrected chi connectivity index (χ4v) is 7.45. The highest BCUT2D eigenvalue weighted by atomic mass is 16.5. The number of fused-ring (bicyclic) bond motifs is 2. The molecule has 15 heteroatoms. The molecule has 2 aliphatic heterocycles. The number of carbonyl (C=O) groups is 8. The average Bonchev–Trinajstić information content (AvgIpc) is 3.17. The fraction of sp³-hybridized carbons (Fsp3) is 0.636. The predicted octanol–water partition coefficient (Wildman–Crippen LogP) is 2.87. The van der Waals surface area contributed by atoms with Crippen molar-refractivity contribution in [1.29, 1.82) is 0 Å². The summed E-state index contributed by atoms with van der Waals surface area (Å²) in [5, 5.41) is 19.4. The lowest BCUT2D eigenvalue weighted by molar-refractivity contribution is -0.168. The number of cyclic esters (lactones) is 1. The monoisotopic (exact) mass is 823 g/mol. The second kappa shape index (κ2) is 21.9. The van der Waals surface area contributed by atoms with Gasteiger partial charge in [0, 0.05) is 38.1 Å². The molecule has 0 aliphatic carbocycles. The number of nitrogens with one attached hydrogen (secondary N) is 3. The molecule has 0 spiro atoms. The summed E-state index contributed by atoms with van der Waals surface area (Å²) in [5.74, 6) is -8.39. The van der Waals surface area contributed by atoms with Crippen LogP contribution in [0.4, 0.5) is 0 Å². The first-order valence-electron chi connectivity index (χ1n) is 20.8. The van der Waals surface area contributed by atoms with Gasteiger partial charge in [0.1, 0.15) is 30.5 Å². The van der Waals surface area contributed by atoms with Gasteiger partial charge in [0.15, 0.2) is 11.6 Å². The molecule has 4 N–H and O–H groups in total. The number of aliphatic hydroxyl groups excluding tert-OH is 1. The van der Waals surface area contributed by atoms with Gasteiger partial charge in [-0.05, 0) is 56.9 Å². The highest BCUT2D eigenvalue weighted by molar-refractivity contribution is 5.98. The Labute approximate surface area is 348 Å². The summed E-state index contributed by atoms with van der Waals surface area (Å²) in [6.07, 6.45) is -1.65. The van der Waals surface area contributed by atoms with Crippen LogP contribution >= 0.6 is 0 Å². The van der Waals surface area contributed by atoms with Gasteiger partial charge in [-0.25, -0.2) is 4.79 Å². The van der Waals surface area contributed by atoms with Crippen LogP contribution in [0.5, 0.6) is 0 Å². The number of hydrogen-bond acceptors (Lipinski definition) is 10. The van der Waals surface area contributed by atoms with E-state index in [1.807, 2.05) is 19.9 Å². The van der Waals surface area contributed by atoms with Crippen LogP contribution in [-0.2, 0) is 49.5 Å². The lowest BCUT2D eigenvalue weighted by Gasteiger charge is -2.43. The summed E-state index contributed by atoms with van der Waals surface area (Å²) in [6.45, 7) is 17.1. The third-order valence-corrected chi connectivity index (χ3v) is 11.2. The summed E-state index contributed by atoms with van der Waals surface area (Å²) in [7, 11) is 1.45. The second-order valence-electron chi connectivity index (χ2n) is 17.1. The third-order valence-electron chi connectivity index (χ3n) is 11.2. The molecule has 0 saturated carbocycles. The maximum absolute atomic E-state index is 14.7. The smallest absolute Gasteiger partial charge is 0.329 e. The van der Waals surface area contributed by atoms with Crippen molar-refractivity contribution in [2.75, 3.05) is 7.05 Å². The van der Waals surface area contributed by atoms with E-state index in [0.29, 0.717) is 5.56 Å². The summed E-state index contributed by atoms with van der Waals surface area (Å²) >= 11 is 0. The van der Waals surface area contributed by atoms with E-state index >= 15 is 0 Å². The molecule has 3 rings (SSSR count). The molecule has 1 aromatic carbocycles. The number of amides is 5. The molecule has 2 fully saturated rings. The summed E-state index contributed by atoms with van der Waals surface area (Å²) in [4.78, 5) is 114. The molecule has 2 heterocycles. The number of hydrogen-bond donors (Lipinski definition) is 4. The standard InChI is InChI=1S/C44H65N5O10/c1-11-15-32-36(51)22-30-18-19-37(52)49(42(30)56)34(20-24(2)3)43(57)48(10)33(21-29-16-13-12-14-17-29)41(55)47-38(25(4)5)44(58)59-28(9)31(40(54)46-32)23-35(50)27(8)45-39(53)26(6)7/h11-14,16-17,24-28,30-34,37-38,52H,1,15,18-23H2,2-10H3,(H,45,53)(H,46,54)(H,47,55)/t27-,28+,30+,31-,32-,33-,34-,37+,38-/m0/s1. The SMILES string of the molecule is C=CC[C@@H]1NC(=O)[C@@H](CC(=O)[C@H](C)NC(=O)C(C)C)[C@@H](C)OC(=O)[C@H](C(C)C)NC(=O)[C@H](Cc2ccccc2)N(C)C(=O)[C@H](CC(C)C)N2C(=O)[C@H](CC[C@H]2O)CC1=O. The summed E-state index contributed by atoms with van der Waals surface area (Å²) < 4.78 is 5.87. The van der Waals surface area contributed by atoms with E-state index < -0.39 is 114 Å². The van der Waals surface area contributed by atoms with Crippen molar-refractivity contribution in [3.8, 4) is 0 Å². The molecule has 9 atom stereocenters. The molecular formula is C44H65N5O10. The number of benzene rings is 1. The van der Waals surface area contributed by atoms with E-state index in [2.05, 4.69) is 22.5 Å². The van der Waals surface area contributed by atoms with Gasteiger partial charge in [-0.1, -0.05) is 78.0 Å². The number of aliphatic hydroxyl groups is 1. The molecular weight excluding hydrogens is 759 g/mol. The van der Waals surface area contributed by atoms with Crippen LogP contribution in [0.25, 0.3) is 0 Å². The van der Waals surface area contributed by atoms with Gasteiger partial charge in [-0.15, -0.1) is 6.58 Å². The quantitative estimate of drug-likeness (QED) is 0.179. The number of ketones is 2.